The molecule has 1 unspecified atom stereocenters. The predicted molar refractivity (Wildman–Crippen MR) is 65.8 cm³/mol. The lowest BCUT2D eigenvalue weighted by molar-refractivity contribution is 0.518. The van der Waals surface area contributed by atoms with Gasteiger partial charge in [-0.2, -0.15) is 0 Å². The zero-order chi connectivity index (χ0) is 11.0. The van der Waals surface area contributed by atoms with Crippen LogP contribution in [0.4, 0.5) is 0 Å². The SMILES string of the molecule is Clc1ccc(C(Cl)c2cc(Cl)sc2Cl)o1. The predicted octanol–water partition coefficient (Wildman–Crippen LogP) is 5.63. The minimum absolute atomic E-state index is 0.299. The van der Waals surface area contributed by atoms with Crippen LogP contribution in [0.2, 0.25) is 13.9 Å². The van der Waals surface area contributed by atoms with Crippen molar-refractivity contribution in [2.45, 2.75) is 5.38 Å². The van der Waals surface area contributed by atoms with Gasteiger partial charge in [0.1, 0.15) is 11.1 Å². The van der Waals surface area contributed by atoms with Crippen LogP contribution in [0.15, 0.2) is 22.6 Å². The van der Waals surface area contributed by atoms with Crippen molar-refractivity contribution < 1.29 is 4.42 Å². The first-order valence-electron chi connectivity index (χ1n) is 3.92. The van der Waals surface area contributed by atoms with Crippen LogP contribution in [-0.4, -0.2) is 0 Å². The van der Waals surface area contributed by atoms with Gasteiger partial charge in [-0.1, -0.05) is 23.2 Å². The van der Waals surface area contributed by atoms with Crippen LogP contribution >= 0.6 is 57.7 Å². The molecule has 80 valence electrons. The molecule has 1 nitrogen and oxygen atoms in total. The molecule has 0 aromatic carbocycles. The molecule has 2 aromatic rings. The lowest BCUT2D eigenvalue weighted by Crippen LogP contribution is -1.88. The Bertz CT molecular complexity index is 476. The number of alkyl halides is 1. The van der Waals surface area contributed by atoms with Gasteiger partial charge >= 0.3 is 0 Å². The average molecular weight is 302 g/mol. The van der Waals surface area contributed by atoms with Gasteiger partial charge < -0.3 is 4.42 Å². The van der Waals surface area contributed by atoms with E-state index in [0.717, 1.165) is 5.56 Å². The summed E-state index contributed by atoms with van der Waals surface area (Å²) < 4.78 is 6.36. The van der Waals surface area contributed by atoms with Crippen molar-refractivity contribution in [3.8, 4) is 0 Å². The van der Waals surface area contributed by atoms with E-state index in [1.54, 1.807) is 18.2 Å². The highest BCUT2D eigenvalue weighted by molar-refractivity contribution is 7.20. The number of furan rings is 1. The second kappa shape index (κ2) is 4.56. The Morgan fingerprint density at radius 3 is 2.40 bits per heavy atom. The largest absolute Gasteiger partial charge is 0.448 e. The zero-order valence-electron chi connectivity index (χ0n) is 7.14. The summed E-state index contributed by atoms with van der Waals surface area (Å²) in [6, 6.07) is 5.07. The molecule has 6 heteroatoms. The molecular formula is C9H4Cl4OS. The lowest BCUT2D eigenvalue weighted by Gasteiger charge is -2.03. The molecule has 0 aliphatic carbocycles. The molecule has 0 aliphatic rings. The van der Waals surface area contributed by atoms with E-state index >= 15 is 0 Å². The maximum atomic E-state index is 6.17. The molecule has 0 N–H and O–H groups in total. The Kier molecular flexibility index (Phi) is 3.53. The third-order valence-electron chi connectivity index (χ3n) is 1.80. The molecular weight excluding hydrogens is 298 g/mol. The van der Waals surface area contributed by atoms with Crippen molar-refractivity contribution >= 4 is 57.7 Å². The third kappa shape index (κ3) is 2.45. The quantitative estimate of drug-likeness (QED) is 0.655. The first-order valence-corrected chi connectivity index (χ1v) is 6.30. The van der Waals surface area contributed by atoms with Crippen LogP contribution in [0.3, 0.4) is 0 Å². The molecule has 0 fully saturated rings. The Morgan fingerprint density at radius 2 is 1.93 bits per heavy atom. The maximum Gasteiger partial charge on any atom is 0.193 e. The molecule has 0 radical (unpaired) electrons. The first-order chi connectivity index (χ1) is 7.08. The Balaban J connectivity index is 2.35. The van der Waals surface area contributed by atoms with Gasteiger partial charge in [0.25, 0.3) is 0 Å². The molecule has 0 aliphatic heterocycles. The van der Waals surface area contributed by atoms with Crippen LogP contribution in [0.1, 0.15) is 16.7 Å². The number of hydrogen-bond donors (Lipinski definition) is 0. The van der Waals surface area contributed by atoms with Gasteiger partial charge in [-0.05, 0) is 29.8 Å². The molecule has 0 saturated heterocycles. The zero-order valence-corrected chi connectivity index (χ0v) is 11.0. The smallest absolute Gasteiger partial charge is 0.193 e. The second-order valence-corrected chi connectivity index (χ2v) is 5.88. The molecule has 0 saturated carbocycles. The van der Waals surface area contributed by atoms with E-state index < -0.39 is 5.38 Å². The molecule has 2 heterocycles. The minimum Gasteiger partial charge on any atom is -0.448 e. The molecule has 0 bridgehead atoms. The van der Waals surface area contributed by atoms with E-state index in [1.807, 2.05) is 0 Å². The lowest BCUT2D eigenvalue weighted by atomic mass is 10.2. The Labute approximate surface area is 111 Å². The van der Waals surface area contributed by atoms with Crippen LogP contribution in [0, 0.1) is 0 Å². The van der Waals surface area contributed by atoms with Gasteiger partial charge in [-0.15, -0.1) is 22.9 Å². The summed E-state index contributed by atoms with van der Waals surface area (Å²) in [5.74, 6) is 0.554. The van der Waals surface area contributed by atoms with E-state index in [9.17, 15) is 0 Å². The maximum absolute atomic E-state index is 6.17. The molecule has 1 atom stereocenters. The fourth-order valence-corrected chi connectivity index (χ4v) is 3.24. The fraction of sp³-hybridized carbons (Fsp3) is 0.111. The Morgan fingerprint density at radius 1 is 1.20 bits per heavy atom. The van der Waals surface area contributed by atoms with Gasteiger partial charge in [-0.3, -0.25) is 0 Å². The van der Waals surface area contributed by atoms with Gasteiger partial charge in [0, 0.05) is 5.56 Å². The van der Waals surface area contributed by atoms with Crippen molar-refractivity contribution in [1.29, 1.82) is 0 Å². The molecule has 0 spiro atoms. The summed E-state index contributed by atoms with van der Waals surface area (Å²) in [6.07, 6.45) is 0. The normalized spacial score (nSPS) is 13.1. The van der Waals surface area contributed by atoms with Crippen LogP contribution in [0.5, 0.6) is 0 Å². The van der Waals surface area contributed by atoms with Crippen molar-refractivity contribution in [3.05, 3.63) is 43.4 Å². The van der Waals surface area contributed by atoms with Gasteiger partial charge in [0.05, 0.1) is 8.67 Å². The van der Waals surface area contributed by atoms with Crippen molar-refractivity contribution in [2.24, 2.45) is 0 Å². The summed E-state index contributed by atoms with van der Waals surface area (Å²) in [5.41, 5.74) is 0.736. The van der Waals surface area contributed by atoms with E-state index in [-0.39, 0.29) is 0 Å². The molecule has 0 amide bonds. The summed E-state index contributed by atoms with van der Waals surface area (Å²) in [5, 5.41) is -0.165. The van der Waals surface area contributed by atoms with E-state index in [2.05, 4.69) is 0 Å². The second-order valence-electron chi connectivity index (χ2n) is 2.78. The van der Waals surface area contributed by atoms with Gasteiger partial charge in [-0.25, -0.2) is 0 Å². The molecule has 2 rings (SSSR count). The van der Waals surface area contributed by atoms with Crippen molar-refractivity contribution in [2.75, 3.05) is 0 Å². The van der Waals surface area contributed by atoms with Crippen LogP contribution in [0.25, 0.3) is 0 Å². The highest BCUT2D eigenvalue weighted by atomic mass is 35.5. The Hall–Kier alpha value is 0.140. The highest BCUT2D eigenvalue weighted by Gasteiger charge is 2.20. The summed E-state index contributed by atoms with van der Waals surface area (Å²) in [6.45, 7) is 0. The standard InChI is InChI=1S/C9H4Cl4OS/c10-6-2-1-5(14-6)8(12)4-3-7(11)15-9(4)13/h1-3,8H. The van der Waals surface area contributed by atoms with Crippen molar-refractivity contribution in [3.63, 3.8) is 0 Å². The van der Waals surface area contributed by atoms with Crippen molar-refractivity contribution in [1.82, 2.24) is 0 Å². The average Bonchev–Trinajstić information content (AvgIpc) is 2.71. The van der Waals surface area contributed by atoms with Crippen LogP contribution in [-0.2, 0) is 0 Å². The monoisotopic (exact) mass is 300 g/mol. The van der Waals surface area contributed by atoms with E-state index in [0.29, 0.717) is 19.7 Å². The highest BCUT2D eigenvalue weighted by Crippen LogP contribution is 2.41. The number of halogens is 4. The number of hydrogen-bond acceptors (Lipinski definition) is 2. The number of rotatable bonds is 2. The minimum atomic E-state index is -0.464. The number of thiophene rings is 1. The molecule has 2 aromatic heterocycles. The van der Waals surface area contributed by atoms with Gasteiger partial charge in [0.15, 0.2) is 5.22 Å². The first kappa shape index (κ1) is 11.6. The third-order valence-corrected chi connectivity index (χ3v) is 3.97. The summed E-state index contributed by atoms with van der Waals surface area (Å²) in [7, 11) is 0. The summed E-state index contributed by atoms with van der Waals surface area (Å²) >= 11 is 24.9. The molecule has 15 heavy (non-hydrogen) atoms. The van der Waals surface area contributed by atoms with Crippen LogP contribution < -0.4 is 0 Å². The van der Waals surface area contributed by atoms with Gasteiger partial charge in [0.2, 0.25) is 0 Å². The summed E-state index contributed by atoms with van der Waals surface area (Å²) in [4.78, 5) is 0. The van der Waals surface area contributed by atoms with E-state index in [1.165, 1.54) is 11.3 Å². The topological polar surface area (TPSA) is 13.1 Å². The fourth-order valence-electron chi connectivity index (χ4n) is 1.14. The van der Waals surface area contributed by atoms with E-state index in [4.69, 9.17) is 50.8 Å².